The number of phosphoric acid groups is 2. The monoisotopic (exact) mass is 634 g/mol. The topological polar surface area (TPSA) is 89.5 Å². The third-order valence-electron chi connectivity index (χ3n) is 4.19. The number of phosphoric ester groups is 2. The molecule has 0 atom stereocenters. The van der Waals surface area contributed by atoms with Gasteiger partial charge in [0.2, 0.25) is 0 Å². The van der Waals surface area contributed by atoms with Gasteiger partial charge < -0.3 is 0 Å². The molecule has 0 aliphatic heterocycles. The van der Waals surface area contributed by atoms with Crippen LogP contribution in [0, 0.1) is 0 Å². The van der Waals surface area contributed by atoms with Gasteiger partial charge >= 0.3 is 33.9 Å². The van der Waals surface area contributed by atoms with Crippen LogP contribution in [0.3, 0.4) is 0 Å². The second-order valence-electron chi connectivity index (χ2n) is 8.01. The van der Waals surface area contributed by atoms with E-state index < -0.39 is 47.1 Å². The van der Waals surface area contributed by atoms with Crippen LogP contribution in [-0.2, 0) is 36.3 Å². The van der Waals surface area contributed by atoms with Gasteiger partial charge in [-0.2, -0.15) is 35.1 Å². The van der Waals surface area contributed by atoms with Crippen LogP contribution in [0.25, 0.3) is 0 Å². The Balaban J connectivity index is 0. The highest BCUT2D eigenvalue weighted by molar-refractivity contribution is 7.48. The predicted octanol–water partition coefficient (Wildman–Crippen LogP) is 9.25. The molecule has 0 fully saturated rings. The number of hydrogen-bond acceptors (Lipinski definition) is 8. The molecule has 0 aromatic heterocycles. The van der Waals surface area contributed by atoms with Gasteiger partial charge in [0.05, 0.1) is 26.4 Å². The molecule has 39 heavy (non-hydrogen) atoms. The van der Waals surface area contributed by atoms with Crippen molar-refractivity contribution in [3.05, 3.63) is 0 Å². The van der Waals surface area contributed by atoms with Crippen molar-refractivity contribution in [1.29, 1.82) is 0 Å². The zero-order chi connectivity index (χ0) is 30.6. The second kappa shape index (κ2) is 20.5. The highest BCUT2D eigenvalue weighted by Crippen LogP contribution is 2.52. The van der Waals surface area contributed by atoms with E-state index in [-0.39, 0.29) is 26.4 Å². The molecule has 0 N–H and O–H groups in total. The number of unbranched alkanes of at least 4 members (excludes halogenated alkanes) is 4. The largest absolute Gasteiger partial charge is 0.475 e. The van der Waals surface area contributed by atoms with Gasteiger partial charge in [-0.1, -0.05) is 53.4 Å². The molecule has 0 aromatic carbocycles. The third-order valence-corrected chi connectivity index (χ3v) is 7.08. The number of alkyl halides is 8. The lowest BCUT2D eigenvalue weighted by Crippen LogP contribution is -2.40. The Labute approximate surface area is 224 Å². The summed E-state index contributed by atoms with van der Waals surface area (Å²) in [4.78, 5) is 0. The standard InChI is InChI=1S/C11H20F5O4P.C10H20F3O4P/c1-3-5-7-18-21(17,19-8-6-4-2)20-9-10(12,13)11(14,15)16;1-3-5-7-15-18(14,16-8-6-4-2)17-9-10(11,12)13/h3-9H2,1-2H3;3-9H2,1-2H3. The molecule has 238 valence electrons. The minimum Gasteiger partial charge on any atom is -0.287 e. The summed E-state index contributed by atoms with van der Waals surface area (Å²) in [5.41, 5.74) is 0. The summed E-state index contributed by atoms with van der Waals surface area (Å²) in [5.74, 6) is -5.12. The number of halogens is 8. The molecule has 0 amide bonds. The average molecular weight is 634 g/mol. The van der Waals surface area contributed by atoms with Gasteiger partial charge in [-0.05, 0) is 25.7 Å². The first-order valence-electron chi connectivity index (χ1n) is 12.5. The zero-order valence-electron chi connectivity index (χ0n) is 22.6. The summed E-state index contributed by atoms with van der Waals surface area (Å²) in [5, 5.41) is 0. The lowest BCUT2D eigenvalue weighted by atomic mass is 10.3. The van der Waals surface area contributed by atoms with Crippen LogP contribution in [0.5, 0.6) is 0 Å². The van der Waals surface area contributed by atoms with E-state index in [4.69, 9.17) is 18.1 Å². The Morgan fingerprint density at radius 2 is 0.769 bits per heavy atom. The Morgan fingerprint density at radius 3 is 1.00 bits per heavy atom. The number of hydrogen-bond donors (Lipinski definition) is 0. The molecule has 18 heteroatoms. The van der Waals surface area contributed by atoms with Gasteiger partial charge in [0, 0.05) is 0 Å². The lowest BCUT2D eigenvalue weighted by Gasteiger charge is -2.23. The van der Waals surface area contributed by atoms with E-state index in [2.05, 4.69) is 9.05 Å². The molecular weight excluding hydrogens is 594 g/mol. The van der Waals surface area contributed by atoms with Crippen molar-refractivity contribution in [2.75, 3.05) is 39.6 Å². The molecule has 0 spiro atoms. The summed E-state index contributed by atoms with van der Waals surface area (Å²) in [6.07, 6.45) is -5.43. The fraction of sp³-hybridized carbons (Fsp3) is 1.00. The van der Waals surface area contributed by atoms with Crippen molar-refractivity contribution in [1.82, 2.24) is 0 Å². The highest BCUT2D eigenvalue weighted by Gasteiger charge is 2.58. The molecule has 0 saturated carbocycles. The Bertz CT molecular complexity index is 680. The molecule has 8 nitrogen and oxygen atoms in total. The summed E-state index contributed by atoms with van der Waals surface area (Å²) in [6.45, 7) is 3.49. The van der Waals surface area contributed by atoms with Crippen LogP contribution in [0.2, 0.25) is 0 Å². The van der Waals surface area contributed by atoms with E-state index in [0.29, 0.717) is 38.5 Å². The van der Waals surface area contributed by atoms with Gasteiger partial charge in [0.25, 0.3) is 0 Å². The van der Waals surface area contributed by atoms with Gasteiger partial charge in [0.1, 0.15) is 6.61 Å². The summed E-state index contributed by atoms with van der Waals surface area (Å²) in [7, 11) is -8.52. The quantitative estimate of drug-likeness (QED) is 0.0702. The maximum atomic E-state index is 12.8. The van der Waals surface area contributed by atoms with Crippen LogP contribution in [0.1, 0.15) is 79.1 Å². The van der Waals surface area contributed by atoms with Gasteiger partial charge in [-0.3, -0.25) is 27.1 Å². The van der Waals surface area contributed by atoms with Crippen molar-refractivity contribution in [2.24, 2.45) is 0 Å². The molecule has 0 aliphatic carbocycles. The Morgan fingerprint density at radius 1 is 0.487 bits per heavy atom. The number of rotatable bonds is 21. The van der Waals surface area contributed by atoms with E-state index in [0.717, 1.165) is 12.8 Å². The molecule has 0 rings (SSSR count). The van der Waals surface area contributed by atoms with E-state index in [1.165, 1.54) is 0 Å². The predicted molar refractivity (Wildman–Crippen MR) is 128 cm³/mol. The molecule has 0 saturated heterocycles. The summed E-state index contributed by atoms with van der Waals surface area (Å²) >= 11 is 0. The SMILES string of the molecule is CCCCOP(=O)(OCCCC)OCC(F)(F)C(F)(F)F.CCCCOP(=O)(OCCCC)OCC(F)(F)F. The molecule has 0 heterocycles. The molecule has 0 unspecified atom stereocenters. The Hall–Kier alpha value is -0.340. The van der Waals surface area contributed by atoms with Crippen LogP contribution in [0.4, 0.5) is 35.1 Å². The van der Waals surface area contributed by atoms with Crippen molar-refractivity contribution in [3.8, 4) is 0 Å². The smallest absolute Gasteiger partial charge is 0.287 e. The van der Waals surface area contributed by atoms with Crippen molar-refractivity contribution in [2.45, 2.75) is 97.3 Å². The third kappa shape index (κ3) is 22.0. The van der Waals surface area contributed by atoms with Crippen molar-refractivity contribution < 1.29 is 71.4 Å². The van der Waals surface area contributed by atoms with E-state index in [1.54, 1.807) is 13.8 Å². The van der Waals surface area contributed by atoms with Crippen molar-refractivity contribution >= 4 is 15.6 Å². The first-order chi connectivity index (χ1) is 17.9. The van der Waals surface area contributed by atoms with Crippen LogP contribution < -0.4 is 0 Å². The highest BCUT2D eigenvalue weighted by atomic mass is 31.2. The first kappa shape index (κ1) is 40.8. The van der Waals surface area contributed by atoms with Crippen LogP contribution >= 0.6 is 15.6 Å². The average Bonchev–Trinajstić information content (AvgIpc) is 2.82. The van der Waals surface area contributed by atoms with E-state index in [1.807, 2.05) is 13.8 Å². The molecule has 0 bridgehead atoms. The Kier molecular flexibility index (Phi) is 21.5. The molecule has 0 radical (unpaired) electrons. The van der Waals surface area contributed by atoms with Crippen LogP contribution in [0.15, 0.2) is 0 Å². The fourth-order valence-electron chi connectivity index (χ4n) is 1.90. The lowest BCUT2D eigenvalue weighted by molar-refractivity contribution is -0.291. The molecule has 0 aromatic rings. The van der Waals surface area contributed by atoms with Gasteiger partial charge in [-0.15, -0.1) is 0 Å². The molecule has 0 aliphatic rings. The molecular formula is C21H40F8O8P2. The van der Waals surface area contributed by atoms with E-state index >= 15 is 0 Å². The van der Waals surface area contributed by atoms with Crippen LogP contribution in [-0.4, -0.2) is 57.9 Å². The van der Waals surface area contributed by atoms with E-state index in [9.17, 15) is 44.3 Å². The van der Waals surface area contributed by atoms with Gasteiger partial charge in [-0.25, -0.2) is 9.13 Å². The van der Waals surface area contributed by atoms with Gasteiger partial charge in [0.15, 0.2) is 6.61 Å². The maximum Gasteiger partial charge on any atom is 0.475 e. The minimum atomic E-state index is -5.79. The minimum absolute atomic E-state index is 0.0533. The maximum absolute atomic E-state index is 12.8. The second-order valence-corrected chi connectivity index (χ2v) is 11.3. The fourth-order valence-corrected chi connectivity index (χ4v) is 4.38. The van der Waals surface area contributed by atoms with Crippen molar-refractivity contribution in [3.63, 3.8) is 0 Å². The normalized spacial score (nSPS) is 13.3. The summed E-state index contributed by atoms with van der Waals surface area (Å²) in [6, 6.07) is 0. The zero-order valence-corrected chi connectivity index (χ0v) is 24.4. The first-order valence-corrected chi connectivity index (χ1v) is 15.4. The summed E-state index contributed by atoms with van der Waals surface area (Å²) < 4.78 is 149.